The zero-order chi connectivity index (χ0) is 19.5. The van der Waals surface area contributed by atoms with E-state index in [4.69, 9.17) is 4.74 Å². The van der Waals surface area contributed by atoms with Gasteiger partial charge < -0.3 is 10.1 Å². The summed E-state index contributed by atoms with van der Waals surface area (Å²) in [5, 5.41) is 2.88. The molecule has 1 aromatic carbocycles. The van der Waals surface area contributed by atoms with E-state index in [1.54, 1.807) is 13.0 Å². The second-order valence-corrected chi connectivity index (χ2v) is 8.95. The molecule has 0 aromatic heterocycles. The smallest absolute Gasteiger partial charge is 0.339 e. The summed E-state index contributed by atoms with van der Waals surface area (Å²) >= 11 is 0. The summed E-state index contributed by atoms with van der Waals surface area (Å²) in [6, 6.07) is 4.42. The van der Waals surface area contributed by atoms with E-state index in [0.29, 0.717) is 5.56 Å². The highest BCUT2D eigenvalue weighted by Crippen LogP contribution is 2.20. The lowest BCUT2D eigenvalue weighted by Crippen LogP contribution is -2.40. The Labute approximate surface area is 154 Å². The fourth-order valence-corrected chi connectivity index (χ4v) is 3.79. The number of carbonyl (C=O) groups is 2. The van der Waals surface area contributed by atoms with Gasteiger partial charge in [0.15, 0.2) is 6.10 Å². The van der Waals surface area contributed by atoms with Crippen molar-refractivity contribution in [2.45, 2.75) is 56.6 Å². The van der Waals surface area contributed by atoms with Crippen molar-refractivity contribution < 1.29 is 22.7 Å². The Bertz CT molecular complexity index is 783. The van der Waals surface area contributed by atoms with Gasteiger partial charge in [0.2, 0.25) is 10.0 Å². The third kappa shape index (κ3) is 4.62. The van der Waals surface area contributed by atoms with Gasteiger partial charge in [-0.25, -0.2) is 17.5 Å². The normalized spacial score (nSPS) is 16.5. The fraction of sp³-hybridized carbons (Fsp3) is 0.556. The highest BCUT2D eigenvalue weighted by molar-refractivity contribution is 7.89. The largest absolute Gasteiger partial charge is 0.449 e. The van der Waals surface area contributed by atoms with Crippen molar-refractivity contribution in [3.05, 3.63) is 29.3 Å². The van der Waals surface area contributed by atoms with Crippen molar-refractivity contribution in [1.29, 1.82) is 0 Å². The molecule has 0 unspecified atom stereocenters. The number of nitrogens with one attached hydrogen (secondary N) is 1. The second kappa shape index (κ2) is 8.18. The molecule has 1 aromatic rings. The zero-order valence-electron chi connectivity index (χ0n) is 15.6. The molecule has 1 N–H and O–H groups in total. The van der Waals surface area contributed by atoms with Gasteiger partial charge in [-0.1, -0.05) is 18.9 Å². The summed E-state index contributed by atoms with van der Waals surface area (Å²) in [6.45, 7) is 3.20. The van der Waals surface area contributed by atoms with Crippen LogP contribution in [0.4, 0.5) is 0 Å². The number of sulfonamides is 1. The van der Waals surface area contributed by atoms with Crippen LogP contribution in [0.25, 0.3) is 0 Å². The van der Waals surface area contributed by atoms with Gasteiger partial charge in [-0.15, -0.1) is 0 Å². The molecule has 1 fully saturated rings. The minimum atomic E-state index is -3.66. The maximum absolute atomic E-state index is 12.5. The first-order valence-electron chi connectivity index (χ1n) is 8.67. The Morgan fingerprint density at radius 3 is 2.42 bits per heavy atom. The van der Waals surface area contributed by atoms with Gasteiger partial charge in [0.05, 0.1) is 10.5 Å². The van der Waals surface area contributed by atoms with E-state index in [9.17, 15) is 18.0 Å². The van der Waals surface area contributed by atoms with Crippen LogP contribution < -0.4 is 5.32 Å². The molecule has 1 atom stereocenters. The van der Waals surface area contributed by atoms with E-state index < -0.39 is 22.1 Å². The molecule has 7 nitrogen and oxygen atoms in total. The Balaban J connectivity index is 2.12. The summed E-state index contributed by atoms with van der Waals surface area (Å²) in [7, 11) is -0.825. The molecule has 0 heterocycles. The lowest BCUT2D eigenvalue weighted by molar-refractivity contribution is -0.129. The average molecular weight is 382 g/mol. The minimum absolute atomic E-state index is 0.00288. The van der Waals surface area contributed by atoms with Crippen LogP contribution >= 0.6 is 0 Å². The van der Waals surface area contributed by atoms with E-state index in [2.05, 4.69) is 5.32 Å². The number of amides is 1. The third-order valence-electron chi connectivity index (χ3n) is 4.56. The van der Waals surface area contributed by atoms with Crippen LogP contribution in [0.5, 0.6) is 0 Å². The highest BCUT2D eigenvalue weighted by Gasteiger charge is 2.25. The van der Waals surface area contributed by atoms with E-state index >= 15 is 0 Å². The molecule has 1 aliphatic carbocycles. The minimum Gasteiger partial charge on any atom is -0.449 e. The van der Waals surface area contributed by atoms with Crippen molar-refractivity contribution in [1.82, 2.24) is 9.62 Å². The van der Waals surface area contributed by atoms with E-state index in [-0.39, 0.29) is 22.4 Å². The summed E-state index contributed by atoms with van der Waals surface area (Å²) in [4.78, 5) is 24.6. The SMILES string of the molecule is Cc1ccc(S(=O)(=O)N(C)C)cc1C(=O)O[C@@H](C)C(=O)NC1CCCC1. The van der Waals surface area contributed by atoms with Crippen molar-refractivity contribution in [2.75, 3.05) is 14.1 Å². The molecule has 0 saturated heterocycles. The number of nitrogens with zero attached hydrogens (tertiary/aromatic N) is 1. The summed E-state index contributed by atoms with van der Waals surface area (Å²) < 4.78 is 30.8. The number of rotatable bonds is 6. The van der Waals surface area contributed by atoms with Crippen molar-refractivity contribution in [3.63, 3.8) is 0 Å². The third-order valence-corrected chi connectivity index (χ3v) is 6.37. The van der Waals surface area contributed by atoms with Crippen LogP contribution in [0, 0.1) is 6.92 Å². The van der Waals surface area contributed by atoms with E-state index in [1.807, 2.05) is 0 Å². The molecule has 1 amide bonds. The topological polar surface area (TPSA) is 92.8 Å². The predicted molar refractivity (Wildman–Crippen MR) is 97.3 cm³/mol. The van der Waals surface area contributed by atoms with E-state index in [0.717, 1.165) is 30.0 Å². The molecular weight excluding hydrogens is 356 g/mol. The molecule has 26 heavy (non-hydrogen) atoms. The van der Waals surface area contributed by atoms with Gasteiger partial charge in [-0.05, 0) is 44.4 Å². The lowest BCUT2D eigenvalue weighted by Gasteiger charge is -2.18. The molecule has 0 radical (unpaired) electrons. The van der Waals surface area contributed by atoms with Crippen molar-refractivity contribution in [2.24, 2.45) is 0 Å². The number of aryl methyl sites for hydroxylation is 1. The van der Waals surface area contributed by atoms with Crippen LogP contribution in [0.2, 0.25) is 0 Å². The highest BCUT2D eigenvalue weighted by atomic mass is 32.2. The number of carbonyl (C=O) groups excluding carboxylic acids is 2. The quantitative estimate of drug-likeness (QED) is 0.758. The number of benzene rings is 1. The van der Waals surface area contributed by atoms with Crippen LogP contribution in [-0.2, 0) is 19.6 Å². The molecule has 144 valence electrons. The first-order chi connectivity index (χ1) is 12.1. The van der Waals surface area contributed by atoms with Gasteiger partial charge in [-0.2, -0.15) is 0 Å². The van der Waals surface area contributed by atoms with Crippen LogP contribution in [0.3, 0.4) is 0 Å². The van der Waals surface area contributed by atoms with E-state index in [1.165, 1.54) is 33.2 Å². The predicted octanol–water partition coefficient (Wildman–Crippen LogP) is 1.85. The molecule has 1 aliphatic rings. The Morgan fingerprint density at radius 1 is 1.23 bits per heavy atom. The number of ether oxygens (including phenoxy) is 1. The molecule has 0 spiro atoms. The van der Waals surface area contributed by atoms with Gasteiger partial charge in [-0.3, -0.25) is 4.79 Å². The molecule has 8 heteroatoms. The molecule has 0 aliphatic heterocycles. The van der Waals surface area contributed by atoms with Gasteiger partial charge in [0.1, 0.15) is 0 Å². The first-order valence-corrected chi connectivity index (χ1v) is 10.1. The zero-order valence-corrected chi connectivity index (χ0v) is 16.4. The maximum atomic E-state index is 12.5. The number of esters is 1. The summed E-state index contributed by atoms with van der Waals surface area (Å²) in [5.74, 6) is -1.05. The second-order valence-electron chi connectivity index (χ2n) is 6.80. The van der Waals surface area contributed by atoms with Crippen molar-refractivity contribution in [3.8, 4) is 0 Å². The number of hydrogen-bond acceptors (Lipinski definition) is 5. The van der Waals surface area contributed by atoms with Crippen LogP contribution in [-0.4, -0.2) is 50.8 Å². The van der Waals surface area contributed by atoms with Gasteiger partial charge >= 0.3 is 5.97 Å². The summed E-state index contributed by atoms with van der Waals surface area (Å²) in [5.41, 5.74) is 0.713. The van der Waals surface area contributed by atoms with Gasteiger partial charge in [0, 0.05) is 20.1 Å². The fourth-order valence-electron chi connectivity index (χ4n) is 2.86. The lowest BCUT2D eigenvalue weighted by atomic mass is 10.1. The average Bonchev–Trinajstić information content (AvgIpc) is 3.07. The van der Waals surface area contributed by atoms with Crippen molar-refractivity contribution >= 4 is 21.9 Å². The summed E-state index contributed by atoms with van der Waals surface area (Å²) in [6.07, 6.45) is 3.11. The van der Waals surface area contributed by atoms with Crippen LogP contribution in [0.1, 0.15) is 48.5 Å². The molecule has 2 rings (SSSR count). The standard InChI is InChI=1S/C18H26N2O5S/c1-12-9-10-15(26(23,24)20(3)4)11-16(12)18(22)25-13(2)17(21)19-14-7-5-6-8-14/h9-11,13-14H,5-8H2,1-4H3,(H,19,21)/t13-/m0/s1. The van der Waals surface area contributed by atoms with Crippen LogP contribution in [0.15, 0.2) is 23.1 Å². The molecule has 1 saturated carbocycles. The number of hydrogen-bond donors (Lipinski definition) is 1. The Hall–Kier alpha value is -1.93. The molecule has 0 bridgehead atoms. The van der Waals surface area contributed by atoms with Gasteiger partial charge in [0.25, 0.3) is 5.91 Å². The molecular formula is C18H26N2O5S. The monoisotopic (exact) mass is 382 g/mol. The first kappa shape index (κ1) is 20.4. The Kier molecular flexibility index (Phi) is 6.41. The Morgan fingerprint density at radius 2 is 1.85 bits per heavy atom. The maximum Gasteiger partial charge on any atom is 0.339 e.